The molecule has 7 nitrogen and oxygen atoms in total. The summed E-state index contributed by atoms with van der Waals surface area (Å²) in [5.74, 6) is -0.492. The molecule has 0 spiro atoms. The monoisotopic (exact) mass is 387 g/mol. The van der Waals surface area contributed by atoms with Crippen LogP contribution < -0.4 is 11.4 Å². The minimum Gasteiger partial charge on any atom is -0.366 e. The van der Waals surface area contributed by atoms with Crippen LogP contribution in [0.25, 0.3) is 22.6 Å². The third-order valence-electron chi connectivity index (χ3n) is 5.29. The van der Waals surface area contributed by atoms with Crippen LogP contribution in [0.2, 0.25) is 0 Å². The first-order chi connectivity index (χ1) is 13.9. The van der Waals surface area contributed by atoms with Crippen LogP contribution in [-0.2, 0) is 0 Å². The molecule has 2 aromatic carbocycles. The van der Waals surface area contributed by atoms with Gasteiger partial charge in [0.1, 0.15) is 0 Å². The highest BCUT2D eigenvalue weighted by Crippen LogP contribution is 2.29. The van der Waals surface area contributed by atoms with Gasteiger partial charge in [-0.3, -0.25) is 14.3 Å². The molecule has 7 heteroatoms. The van der Waals surface area contributed by atoms with E-state index in [1.807, 2.05) is 57.2 Å². The maximum atomic E-state index is 12.6. The number of carbonyl (C=O) groups excluding carboxylic acids is 1. The molecule has 2 aromatic heterocycles. The van der Waals surface area contributed by atoms with Crippen molar-refractivity contribution in [1.29, 1.82) is 0 Å². The molecule has 4 rings (SSSR count). The second-order valence-electron chi connectivity index (χ2n) is 7.11. The number of hydrogen-bond acceptors (Lipinski definition) is 4. The number of rotatable bonds is 4. The van der Waals surface area contributed by atoms with Gasteiger partial charge in [-0.25, -0.2) is 14.8 Å². The Morgan fingerprint density at radius 2 is 1.86 bits per heavy atom. The van der Waals surface area contributed by atoms with E-state index in [1.54, 1.807) is 16.8 Å². The maximum absolute atomic E-state index is 12.6. The lowest BCUT2D eigenvalue weighted by atomic mass is 9.95. The van der Waals surface area contributed by atoms with Gasteiger partial charge in [-0.1, -0.05) is 36.4 Å². The van der Waals surface area contributed by atoms with E-state index in [0.717, 1.165) is 22.3 Å². The molecule has 1 amide bonds. The second-order valence-corrected chi connectivity index (χ2v) is 7.11. The lowest BCUT2D eigenvalue weighted by Crippen LogP contribution is -2.21. The average Bonchev–Trinajstić information content (AvgIpc) is 3.03. The van der Waals surface area contributed by atoms with Gasteiger partial charge in [0, 0.05) is 11.1 Å². The number of imidazole rings is 1. The fourth-order valence-electron chi connectivity index (χ4n) is 3.76. The first-order valence-electron chi connectivity index (χ1n) is 9.31. The van der Waals surface area contributed by atoms with Crippen molar-refractivity contribution in [2.45, 2.75) is 26.8 Å². The third kappa shape index (κ3) is 3.10. The van der Waals surface area contributed by atoms with E-state index >= 15 is 0 Å². The van der Waals surface area contributed by atoms with Crippen molar-refractivity contribution in [1.82, 2.24) is 19.5 Å². The summed E-state index contributed by atoms with van der Waals surface area (Å²) in [7, 11) is 0. The number of nitrogens with zero attached hydrogens (tertiary/aromatic N) is 3. The van der Waals surface area contributed by atoms with Gasteiger partial charge in [0.15, 0.2) is 11.3 Å². The molecular formula is C22H21N5O2. The predicted octanol–water partition coefficient (Wildman–Crippen LogP) is 3.11. The smallest absolute Gasteiger partial charge is 0.329 e. The molecule has 0 aliphatic heterocycles. The molecule has 4 aromatic rings. The molecule has 0 aliphatic rings. The normalized spacial score (nSPS) is 12.2. The van der Waals surface area contributed by atoms with Gasteiger partial charge in [-0.2, -0.15) is 0 Å². The van der Waals surface area contributed by atoms with Crippen LogP contribution in [0.3, 0.4) is 0 Å². The van der Waals surface area contributed by atoms with Gasteiger partial charge in [-0.05, 0) is 43.5 Å². The first-order valence-corrected chi connectivity index (χ1v) is 9.31. The van der Waals surface area contributed by atoms with E-state index < -0.39 is 5.91 Å². The van der Waals surface area contributed by atoms with Gasteiger partial charge in [0.05, 0.1) is 17.9 Å². The number of aryl methyl sites for hydroxylation is 1. The van der Waals surface area contributed by atoms with Gasteiger partial charge in [-0.15, -0.1) is 0 Å². The Kier molecular flexibility index (Phi) is 4.50. The Morgan fingerprint density at radius 1 is 1.14 bits per heavy atom. The Labute approximate surface area is 167 Å². The van der Waals surface area contributed by atoms with Crippen molar-refractivity contribution in [2.75, 3.05) is 0 Å². The number of aromatic amines is 1. The summed E-state index contributed by atoms with van der Waals surface area (Å²) in [6, 6.07) is 13.1. The summed E-state index contributed by atoms with van der Waals surface area (Å²) >= 11 is 0. The van der Waals surface area contributed by atoms with Crippen LogP contribution in [0.4, 0.5) is 0 Å². The number of H-pyrrole nitrogens is 1. The van der Waals surface area contributed by atoms with E-state index in [4.69, 9.17) is 10.7 Å². The van der Waals surface area contributed by atoms with Crippen molar-refractivity contribution in [3.05, 3.63) is 81.4 Å². The number of carbonyl (C=O) groups is 1. The first kappa shape index (κ1) is 18.6. The SMILES string of the molecule is Cc1ccc(C(N)=O)c(C)c1-c1cnc2[nH]c(=O)n([C@@H](C)c3ccccc3)c2n1. The van der Waals surface area contributed by atoms with Crippen molar-refractivity contribution < 1.29 is 4.79 Å². The second kappa shape index (κ2) is 7.01. The number of amides is 1. The van der Waals surface area contributed by atoms with Gasteiger partial charge < -0.3 is 5.73 Å². The fraction of sp³-hybridized carbons (Fsp3) is 0.182. The molecule has 0 saturated carbocycles. The average molecular weight is 387 g/mol. The fourth-order valence-corrected chi connectivity index (χ4v) is 3.76. The van der Waals surface area contributed by atoms with Crippen LogP contribution in [-0.4, -0.2) is 25.4 Å². The highest BCUT2D eigenvalue weighted by atomic mass is 16.1. The third-order valence-corrected chi connectivity index (χ3v) is 5.29. The van der Waals surface area contributed by atoms with Crippen molar-refractivity contribution in [3.8, 4) is 11.3 Å². The van der Waals surface area contributed by atoms with Gasteiger partial charge >= 0.3 is 5.69 Å². The quantitative estimate of drug-likeness (QED) is 0.561. The summed E-state index contributed by atoms with van der Waals surface area (Å²) in [5, 5.41) is 0. The number of nitrogens with one attached hydrogen (secondary N) is 1. The standard InChI is InChI=1S/C22H21N5O2/c1-12-9-10-16(19(23)28)13(2)18(12)17-11-24-20-21(25-17)27(22(29)26-20)14(3)15-7-5-4-6-8-15/h4-11,14H,1-3H3,(H2,23,28)(H,24,26,29)/t14-/m0/s1. The molecule has 1 atom stereocenters. The zero-order chi connectivity index (χ0) is 20.7. The molecule has 146 valence electrons. The lowest BCUT2D eigenvalue weighted by Gasteiger charge is -2.15. The van der Waals surface area contributed by atoms with Gasteiger partial charge in [0.2, 0.25) is 5.91 Å². The van der Waals surface area contributed by atoms with E-state index in [2.05, 4.69) is 9.97 Å². The molecule has 0 saturated heterocycles. The number of primary amides is 1. The van der Waals surface area contributed by atoms with Crippen molar-refractivity contribution in [2.24, 2.45) is 5.73 Å². The number of hydrogen-bond donors (Lipinski definition) is 2. The number of nitrogens with two attached hydrogens (primary N) is 1. The lowest BCUT2D eigenvalue weighted by molar-refractivity contribution is 0.1000. The molecule has 0 radical (unpaired) electrons. The maximum Gasteiger partial charge on any atom is 0.329 e. The summed E-state index contributed by atoms with van der Waals surface area (Å²) in [4.78, 5) is 36.4. The highest BCUT2D eigenvalue weighted by Gasteiger charge is 2.19. The largest absolute Gasteiger partial charge is 0.366 e. The molecule has 2 heterocycles. The molecule has 0 fully saturated rings. The predicted molar refractivity (Wildman–Crippen MR) is 112 cm³/mol. The topological polar surface area (TPSA) is 107 Å². The minimum atomic E-state index is -0.492. The Balaban J connectivity index is 1.94. The molecular weight excluding hydrogens is 366 g/mol. The Hall–Kier alpha value is -3.74. The van der Waals surface area contributed by atoms with Crippen molar-refractivity contribution in [3.63, 3.8) is 0 Å². The van der Waals surface area contributed by atoms with Crippen LogP contribution in [0, 0.1) is 13.8 Å². The summed E-state index contributed by atoms with van der Waals surface area (Å²) in [5.41, 5.74) is 10.6. The minimum absolute atomic E-state index is 0.221. The van der Waals surface area contributed by atoms with E-state index in [-0.39, 0.29) is 11.7 Å². The number of benzene rings is 2. The van der Waals surface area contributed by atoms with E-state index in [9.17, 15) is 9.59 Å². The molecule has 0 bridgehead atoms. The Bertz CT molecular complexity index is 1290. The highest BCUT2D eigenvalue weighted by molar-refractivity contribution is 5.96. The zero-order valence-electron chi connectivity index (χ0n) is 16.4. The number of fused-ring (bicyclic) bond motifs is 1. The van der Waals surface area contributed by atoms with Crippen LogP contribution >= 0.6 is 0 Å². The summed E-state index contributed by atoms with van der Waals surface area (Å²) in [6.45, 7) is 5.73. The molecule has 29 heavy (non-hydrogen) atoms. The van der Waals surface area contributed by atoms with Crippen molar-refractivity contribution >= 4 is 17.2 Å². The number of aromatic nitrogens is 4. The Morgan fingerprint density at radius 3 is 2.55 bits per heavy atom. The molecule has 0 aliphatic carbocycles. The summed E-state index contributed by atoms with van der Waals surface area (Å²) < 4.78 is 1.60. The van der Waals surface area contributed by atoms with Gasteiger partial charge in [0.25, 0.3) is 0 Å². The van der Waals surface area contributed by atoms with E-state index in [0.29, 0.717) is 22.6 Å². The van der Waals surface area contributed by atoms with Crippen LogP contribution in [0.5, 0.6) is 0 Å². The van der Waals surface area contributed by atoms with Crippen LogP contribution in [0.1, 0.15) is 40.0 Å². The molecule has 0 unspecified atom stereocenters. The molecule has 3 N–H and O–H groups in total. The van der Waals surface area contributed by atoms with E-state index in [1.165, 1.54) is 0 Å². The zero-order valence-corrected chi connectivity index (χ0v) is 16.4. The summed E-state index contributed by atoms with van der Waals surface area (Å²) in [6.07, 6.45) is 1.61. The van der Waals surface area contributed by atoms with Crippen LogP contribution in [0.15, 0.2) is 53.5 Å².